The number of hydrogen-bond acceptors (Lipinski definition) is 5. The Labute approximate surface area is 176 Å². The molecule has 3 N–H and O–H groups in total. The van der Waals surface area contributed by atoms with E-state index in [2.05, 4.69) is 10.6 Å². The standard InChI is InChI=1S/C21H27N3O5S/c1-13-2-6-16(7-3-13)30(28,29)24-9-8-22-21(27)18(24)11-19(26)23-20-15-5-4-14(10-15)17(20)12-25/h2-3,6-9,14-15,17-18,20,25H,4-5,10-12H2,1H3,(H,22,27)(H,23,26)/t14?,15?,17?,18-,20?/m1/s1. The Kier molecular flexibility index (Phi) is 5.59. The molecule has 0 saturated heterocycles. The molecule has 3 aliphatic rings. The Balaban J connectivity index is 1.51. The third kappa shape index (κ3) is 3.72. The lowest BCUT2D eigenvalue weighted by molar-refractivity contribution is -0.130. The molecule has 2 bridgehead atoms. The van der Waals surface area contributed by atoms with E-state index in [1.54, 1.807) is 12.1 Å². The number of aliphatic hydroxyl groups excluding tert-OH is 1. The minimum absolute atomic E-state index is 0.0205. The normalized spacial score (nSPS) is 30.4. The molecular formula is C21H27N3O5S. The van der Waals surface area contributed by atoms with Crippen LogP contribution < -0.4 is 10.6 Å². The van der Waals surface area contributed by atoms with E-state index in [1.807, 2.05) is 6.92 Å². The first-order chi connectivity index (χ1) is 14.3. The van der Waals surface area contributed by atoms with Crippen molar-refractivity contribution < 1.29 is 23.1 Å². The van der Waals surface area contributed by atoms with Crippen molar-refractivity contribution in [2.45, 2.75) is 49.6 Å². The zero-order chi connectivity index (χ0) is 21.5. The minimum atomic E-state index is -3.99. The van der Waals surface area contributed by atoms with Gasteiger partial charge < -0.3 is 15.7 Å². The van der Waals surface area contributed by atoms with Crippen LogP contribution in [-0.4, -0.2) is 48.3 Å². The Bertz CT molecular complexity index is 959. The highest BCUT2D eigenvalue weighted by Gasteiger charge is 2.48. The van der Waals surface area contributed by atoms with E-state index in [0.717, 1.165) is 29.1 Å². The molecule has 162 valence electrons. The van der Waals surface area contributed by atoms with Crippen LogP contribution in [0.15, 0.2) is 41.6 Å². The van der Waals surface area contributed by atoms with Gasteiger partial charge in [0, 0.05) is 31.0 Å². The third-order valence-corrected chi connectivity index (χ3v) is 8.46. The van der Waals surface area contributed by atoms with E-state index < -0.39 is 22.0 Å². The summed E-state index contributed by atoms with van der Waals surface area (Å²) < 4.78 is 27.2. The number of fused-ring (bicyclic) bond motifs is 2. The maximum Gasteiger partial charge on any atom is 0.264 e. The molecule has 0 spiro atoms. The molecule has 4 rings (SSSR count). The number of nitrogens with one attached hydrogen (secondary N) is 2. The van der Waals surface area contributed by atoms with Crippen molar-refractivity contribution in [1.29, 1.82) is 0 Å². The number of rotatable bonds is 6. The molecule has 5 atom stereocenters. The molecule has 2 aliphatic carbocycles. The monoisotopic (exact) mass is 433 g/mol. The second-order valence-electron chi connectivity index (χ2n) is 8.47. The Morgan fingerprint density at radius 3 is 2.63 bits per heavy atom. The van der Waals surface area contributed by atoms with Gasteiger partial charge in [-0.15, -0.1) is 0 Å². The molecule has 2 saturated carbocycles. The summed E-state index contributed by atoms with van der Waals surface area (Å²) in [4.78, 5) is 25.3. The van der Waals surface area contributed by atoms with Crippen LogP contribution in [0.5, 0.6) is 0 Å². The number of nitrogens with zero attached hydrogens (tertiary/aromatic N) is 1. The minimum Gasteiger partial charge on any atom is -0.396 e. The zero-order valence-corrected chi connectivity index (χ0v) is 17.6. The molecule has 8 nitrogen and oxygen atoms in total. The summed E-state index contributed by atoms with van der Waals surface area (Å²) in [5.41, 5.74) is 0.918. The van der Waals surface area contributed by atoms with Crippen LogP contribution in [0.25, 0.3) is 0 Å². The molecule has 2 fully saturated rings. The fourth-order valence-corrected chi connectivity index (χ4v) is 6.54. The lowest BCUT2D eigenvalue weighted by atomic mass is 9.85. The predicted molar refractivity (Wildman–Crippen MR) is 109 cm³/mol. The van der Waals surface area contributed by atoms with Gasteiger partial charge in [-0.3, -0.25) is 13.9 Å². The quantitative estimate of drug-likeness (QED) is 0.616. The average Bonchev–Trinajstić information content (AvgIpc) is 3.31. The van der Waals surface area contributed by atoms with Crippen LogP contribution in [0, 0.1) is 24.7 Å². The van der Waals surface area contributed by atoms with Crippen LogP contribution >= 0.6 is 0 Å². The molecule has 30 heavy (non-hydrogen) atoms. The van der Waals surface area contributed by atoms with Crippen molar-refractivity contribution in [3.63, 3.8) is 0 Å². The average molecular weight is 434 g/mol. The van der Waals surface area contributed by atoms with Crippen LogP contribution in [-0.2, 0) is 19.6 Å². The van der Waals surface area contributed by atoms with E-state index in [4.69, 9.17) is 0 Å². The van der Waals surface area contributed by atoms with Crippen molar-refractivity contribution in [3.05, 3.63) is 42.2 Å². The summed E-state index contributed by atoms with van der Waals surface area (Å²) in [5.74, 6) is -0.145. The van der Waals surface area contributed by atoms with E-state index in [9.17, 15) is 23.1 Å². The van der Waals surface area contributed by atoms with Crippen LogP contribution in [0.3, 0.4) is 0 Å². The molecule has 0 aromatic heterocycles. The third-order valence-electron chi connectivity index (χ3n) is 6.66. The van der Waals surface area contributed by atoms with Gasteiger partial charge in [-0.25, -0.2) is 8.42 Å². The first-order valence-electron chi connectivity index (χ1n) is 10.3. The van der Waals surface area contributed by atoms with Crippen molar-refractivity contribution >= 4 is 21.8 Å². The molecular weight excluding hydrogens is 406 g/mol. The van der Waals surface area contributed by atoms with Gasteiger partial charge in [0.2, 0.25) is 11.8 Å². The van der Waals surface area contributed by atoms with Crippen molar-refractivity contribution in [3.8, 4) is 0 Å². The van der Waals surface area contributed by atoms with E-state index in [-0.39, 0.29) is 35.8 Å². The van der Waals surface area contributed by atoms with Crippen LogP contribution in [0.1, 0.15) is 31.2 Å². The molecule has 9 heteroatoms. The van der Waals surface area contributed by atoms with Gasteiger partial charge in [-0.1, -0.05) is 17.7 Å². The van der Waals surface area contributed by atoms with Gasteiger partial charge in [0.15, 0.2) is 0 Å². The SMILES string of the molecule is Cc1ccc(S(=O)(=O)N2C=CNC(=O)[C@H]2CC(=O)NC2C3CCC(C3)C2CO)cc1. The Morgan fingerprint density at radius 1 is 1.23 bits per heavy atom. The van der Waals surface area contributed by atoms with Crippen molar-refractivity contribution in [2.75, 3.05) is 6.61 Å². The fourth-order valence-electron chi connectivity index (χ4n) is 5.09. The molecule has 1 heterocycles. The Morgan fingerprint density at radius 2 is 1.93 bits per heavy atom. The first-order valence-corrected chi connectivity index (χ1v) is 11.7. The zero-order valence-electron chi connectivity index (χ0n) is 16.8. The summed E-state index contributed by atoms with van der Waals surface area (Å²) in [7, 11) is -3.99. The van der Waals surface area contributed by atoms with E-state index in [1.165, 1.54) is 24.5 Å². The number of carbonyl (C=O) groups is 2. The van der Waals surface area contributed by atoms with Gasteiger partial charge in [-0.05, 0) is 50.2 Å². The maximum atomic E-state index is 13.1. The van der Waals surface area contributed by atoms with Gasteiger partial charge >= 0.3 is 0 Å². The number of hydrogen-bond donors (Lipinski definition) is 3. The summed E-state index contributed by atoms with van der Waals surface area (Å²) in [6, 6.07) is 5.06. The second-order valence-corrected chi connectivity index (χ2v) is 10.3. The number of sulfonamides is 1. The summed E-state index contributed by atoms with van der Waals surface area (Å²) in [5, 5.41) is 15.2. The predicted octanol–water partition coefficient (Wildman–Crippen LogP) is 0.869. The van der Waals surface area contributed by atoms with Crippen LogP contribution in [0.4, 0.5) is 0 Å². The number of aliphatic hydroxyl groups is 1. The van der Waals surface area contributed by atoms with Gasteiger partial charge in [0.1, 0.15) is 6.04 Å². The highest BCUT2D eigenvalue weighted by Crippen LogP contribution is 2.48. The van der Waals surface area contributed by atoms with Crippen molar-refractivity contribution in [2.24, 2.45) is 17.8 Å². The molecule has 4 unspecified atom stereocenters. The summed E-state index contributed by atoms with van der Waals surface area (Å²) in [6.45, 7) is 1.87. The first kappa shape index (κ1) is 20.9. The lowest BCUT2D eigenvalue weighted by Crippen LogP contribution is -2.52. The highest BCUT2D eigenvalue weighted by atomic mass is 32.2. The van der Waals surface area contributed by atoms with Crippen molar-refractivity contribution in [1.82, 2.24) is 14.9 Å². The van der Waals surface area contributed by atoms with E-state index >= 15 is 0 Å². The summed E-state index contributed by atoms with van der Waals surface area (Å²) in [6.07, 6.45) is 5.35. The van der Waals surface area contributed by atoms with E-state index in [0.29, 0.717) is 11.8 Å². The topological polar surface area (TPSA) is 116 Å². The van der Waals surface area contributed by atoms with Gasteiger partial charge in [-0.2, -0.15) is 0 Å². The highest BCUT2D eigenvalue weighted by molar-refractivity contribution is 7.89. The smallest absolute Gasteiger partial charge is 0.264 e. The van der Waals surface area contributed by atoms with Gasteiger partial charge in [0.25, 0.3) is 10.0 Å². The largest absolute Gasteiger partial charge is 0.396 e. The van der Waals surface area contributed by atoms with Crippen LogP contribution in [0.2, 0.25) is 0 Å². The summed E-state index contributed by atoms with van der Waals surface area (Å²) >= 11 is 0. The Hall–Kier alpha value is -2.39. The lowest BCUT2D eigenvalue weighted by Gasteiger charge is -2.33. The second kappa shape index (κ2) is 8.03. The molecule has 1 aromatic carbocycles. The fraction of sp³-hybridized carbons (Fsp3) is 0.524. The molecule has 2 amide bonds. The molecule has 0 radical (unpaired) electrons. The maximum absolute atomic E-state index is 13.1. The number of benzene rings is 1. The number of amides is 2. The molecule has 1 aliphatic heterocycles. The molecule has 1 aromatic rings. The number of aryl methyl sites for hydroxylation is 1. The number of carbonyl (C=O) groups excluding carboxylic acids is 2. The van der Waals surface area contributed by atoms with Gasteiger partial charge in [0.05, 0.1) is 11.3 Å².